The van der Waals surface area contributed by atoms with E-state index in [1.807, 2.05) is 27.7 Å². The van der Waals surface area contributed by atoms with Crippen LogP contribution in [0.2, 0.25) is 5.02 Å². The zero-order valence-corrected chi connectivity index (χ0v) is 11.8. The highest BCUT2D eigenvalue weighted by molar-refractivity contribution is 6.32. The first-order chi connectivity index (χ1) is 7.64. The third-order valence-electron chi connectivity index (χ3n) is 2.88. The van der Waals surface area contributed by atoms with Crippen molar-refractivity contribution in [2.45, 2.75) is 40.2 Å². The van der Waals surface area contributed by atoms with E-state index < -0.39 is 6.04 Å². The number of carbonyl (C=O) groups excluding carboxylic acids is 1. The average molecular weight is 258 g/mol. The van der Waals surface area contributed by atoms with Gasteiger partial charge in [0.05, 0.1) is 28.9 Å². The van der Waals surface area contributed by atoms with Crippen molar-refractivity contribution in [3.8, 4) is 0 Å². The normalized spacial score (nSPS) is 13.8. The lowest BCUT2D eigenvalue weighted by molar-refractivity contribution is -0.121. The van der Waals surface area contributed by atoms with Crippen molar-refractivity contribution in [2.24, 2.45) is 18.2 Å². The van der Waals surface area contributed by atoms with Crippen molar-refractivity contribution in [1.29, 1.82) is 0 Å². The van der Waals surface area contributed by atoms with Gasteiger partial charge in [0.15, 0.2) is 5.78 Å². The summed E-state index contributed by atoms with van der Waals surface area (Å²) in [5.74, 6) is -0.0117. The van der Waals surface area contributed by atoms with Crippen molar-refractivity contribution in [3.63, 3.8) is 0 Å². The van der Waals surface area contributed by atoms with Gasteiger partial charge in [0.2, 0.25) is 0 Å². The molecule has 0 fully saturated rings. The molecule has 4 nitrogen and oxygen atoms in total. The molecular formula is C12H20ClN3O. The third-order valence-corrected chi connectivity index (χ3v) is 3.37. The molecule has 0 spiro atoms. The Morgan fingerprint density at radius 3 is 2.41 bits per heavy atom. The van der Waals surface area contributed by atoms with Crippen LogP contribution in [0.1, 0.15) is 32.2 Å². The number of hydrogen-bond acceptors (Lipinski definition) is 3. The summed E-state index contributed by atoms with van der Waals surface area (Å²) in [4.78, 5) is 12.0. The standard InChI is InChI=1S/C12H20ClN3O/c1-7-10(13)8(16(5)15-7)6-9(17)11(14)12(2,3)4/h11H,6,14H2,1-5H3. The molecule has 96 valence electrons. The number of aryl methyl sites for hydroxylation is 2. The van der Waals surface area contributed by atoms with Gasteiger partial charge in [-0.05, 0) is 12.3 Å². The van der Waals surface area contributed by atoms with Crippen LogP contribution in [0, 0.1) is 12.3 Å². The first-order valence-electron chi connectivity index (χ1n) is 5.61. The van der Waals surface area contributed by atoms with Gasteiger partial charge in [0, 0.05) is 7.05 Å². The second-order valence-electron chi connectivity index (χ2n) is 5.46. The predicted octanol–water partition coefficient (Wildman–Crippen LogP) is 1.87. The summed E-state index contributed by atoms with van der Waals surface area (Å²) in [5.41, 5.74) is 7.16. The van der Waals surface area contributed by atoms with Crippen LogP contribution in [0.4, 0.5) is 0 Å². The quantitative estimate of drug-likeness (QED) is 0.899. The van der Waals surface area contributed by atoms with Crippen molar-refractivity contribution in [3.05, 3.63) is 16.4 Å². The molecule has 5 heteroatoms. The maximum Gasteiger partial charge on any atom is 0.156 e. The predicted molar refractivity (Wildman–Crippen MR) is 69.1 cm³/mol. The van der Waals surface area contributed by atoms with E-state index in [2.05, 4.69) is 5.10 Å². The number of aromatic nitrogens is 2. The number of hydrogen-bond donors (Lipinski definition) is 1. The van der Waals surface area contributed by atoms with Crippen LogP contribution < -0.4 is 5.73 Å². The summed E-state index contributed by atoms with van der Waals surface area (Å²) in [5, 5.41) is 4.73. The van der Waals surface area contributed by atoms with Crippen LogP contribution in [0.25, 0.3) is 0 Å². The highest BCUT2D eigenvalue weighted by atomic mass is 35.5. The summed E-state index contributed by atoms with van der Waals surface area (Å²) < 4.78 is 1.64. The van der Waals surface area contributed by atoms with E-state index >= 15 is 0 Å². The van der Waals surface area contributed by atoms with E-state index in [0.717, 1.165) is 11.4 Å². The second kappa shape index (κ2) is 4.78. The molecule has 1 aromatic heterocycles. The van der Waals surface area contributed by atoms with Gasteiger partial charge in [0.1, 0.15) is 0 Å². The Kier molecular flexibility index (Phi) is 3.99. The van der Waals surface area contributed by atoms with Crippen molar-refractivity contribution in [2.75, 3.05) is 0 Å². The number of ketones is 1. The molecule has 1 heterocycles. The van der Waals surface area contributed by atoms with E-state index in [0.29, 0.717) is 5.02 Å². The fraction of sp³-hybridized carbons (Fsp3) is 0.667. The third kappa shape index (κ3) is 3.07. The van der Waals surface area contributed by atoms with Crippen LogP contribution >= 0.6 is 11.6 Å². The van der Waals surface area contributed by atoms with E-state index in [9.17, 15) is 4.79 Å². The van der Waals surface area contributed by atoms with Gasteiger partial charge < -0.3 is 5.73 Å². The maximum absolute atomic E-state index is 12.0. The number of nitrogens with two attached hydrogens (primary N) is 1. The molecule has 0 aliphatic rings. The largest absolute Gasteiger partial charge is 0.321 e. The van der Waals surface area contributed by atoms with Crippen LogP contribution in [0.3, 0.4) is 0 Å². The molecule has 0 saturated heterocycles. The van der Waals surface area contributed by atoms with Gasteiger partial charge in [-0.25, -0.2) is 0 Å². The Morgan fingerprint density at radius 1 is 1.53 bits per heavy atom. The summed E-state index contributed by atoms with van der Waals surface area (Å²) in [6.45, 7) is 7.67. The van der Waals surface area contributed by atoms with Gasteiger partial charge >= 0.3 is 0 Å². The van der Waals surface area contributed by atoms with Gasteiger partial charge in [-0.2, -0.15) is 5.10 Å². The monoisotopic (exact) mass is 257 g/mol. The lowest BCUT2D eigenvalue weighted by atomic mass is 9.83. The minimum absolute atomic E-state index is 0.0117. The molecule has 0 saturated carbocycles. The van der Waals surface area contributed by atoms with Gasteiger partial charge in [-0.1, -0.05) is 32.4 Å². The Morgan fingerprint density at radius 2 is 2.06 bits per heavy atom. The molecule has 0 aliphatic carbocycles. The number of nitrogens with zero attached hydrogens (tertiary/aromatic N) is 2. The summed E-state index contributed by atoms with van der Waals surface area (Å²) in [7, 11) is 1.78. The lowest BCUT2D eigenvalue weighted by Crippen LogP contribution is -2.43. The Balaban J connectivity index is 2.89. The van der Waals surface area contributed by atoms with E-state index in [4.69, 9.17) is 17.3 Å². The smallest absolute Gasteiger partial charge is 0.156 e. The molecule has 1 rings (SSSR count). The Hall–Kier alpha value is -0.870. The molecular weight excluding hydrogens is 238 g/mol. The SMILES string of the molecule is Cc1nn(C)c(CC(=O)C(N)C(C)(C)C)c1Cl. The number of halogens is 1. The van der Waals surface area contributed by atoms with E-state index in [1.165, 1.54) is 0 Å². The molecule has 1 aromatic rings. The maximum atomic E-state index is 12.0. The molecule has 0 radical (unpaired) electrons. The van der Waals surface area contributed by atoms with Crippen molar-refractivity contribution >= 4 is 17.4 Å². The number of Topliss-reactive ketones (excluding diaryl/α,β-unsaturated/α-hetero) is 1. The highest BCUT2D eigenvalue weighted by Gasteiger charge is 2.28. The molecule has 0 aromatic carbocycles. The molecule has 17 heavy (non-hydrogen) atoms. The molecule has 1 atom stereocenters. The minimum atomic E-state index is -0.492. The first kappa shape index (κ1) is 14.2. The fourth-order valence-electron chi connectivity index (χ4n) is 1.63. The lowest BCUT2D eigenvalue weighted by Gasteiger charge is -2.25. The number of carbonyl (C=O) groups is 1. The fourth-order valence-corrected chi connectivity index (χ4v) is 1.86. The average Bonchev–Trinajstić information content (AvgIpc) is 2.42. The first-order valence-corrected chi connectivity index (χ1v) is 5.98. The van der Waals surface area contributed by atoms with Crippen LogP contribution in [-0.2, 0) is 18.3 Å². The van der Waals surface area contributed by atoms with E-state index in [1.54, 1.807) is 11.7 Å². The minimum Gasteiger partial charge on any atom is -0.321 e. The van der Waals surface area contributed by atoms with Gasteiger partial charge in [-0.15, -0.1) is 0 Å². The van der Waals surface area contributed by atoms with Crippen molar-refractivity contribution in [1.82, 2.24) is 9.78 Å². The Labute approximate surface area is 107 Å². The van der Waals surface area contributed by atoms with Crippen LogP contribution in [-0.4, -0.2) is 21.6 Å². The molecule has 0 aliphatic heterocycles. The second-order valence-corrected chi connectivity index (χ2v) is 5.83. The topological polar surface area (TPSA) is 60.9 Å². The summed E-state index contributed by atoms with van der Waals surface area (Å²) >= 11 is 6.10. The van der Waals surface area contributed by atoms with Crippen LogP contribution in [0.15, 0.2) is 0 Å². The van der Waals surface area contributed by atoms with Crippen LogP contribution in [0.5, 0.6) is 0 Å². The van der Waals surface area contributed by atoms with Gasteiger partial charge in [0.25, 0.3) is 0 Å². The molecule has 1 unspecified atom stereocenters. The highest BCUT2D eigenvalue weighted by Crippen LogP contribution is 2.23. The van der Waals surface area contributed by atoms with Gasteiger partial charge in [-0.3, -0.25) is 9.48 Å². The summed E-state index contributed by atoms with van der Waals surface area (Å²) in [6, 6.07) is -0.492. The molecule has 2 N–H and O–H groups in total. The zero-order valence-electron chi connectivity index (χ0n) is 11.0. The van der Waals surface area contributed by atoms with E-state index in [-0.39, 0.29) is 17.6 Å². The zero-order chi connectivity index (χ0) is 13.4. The Bertz CT molecular complexity index is 432. The van der Waals surface area contributed by atoms with Crippen molar-refractivity contribution < 1.29 is 4.79 Å². The number of rotatable bonds is 3. The summed E-state index contributed by atoms with van der Waals surface area (Å²) in [6.07, 6.45) is 0.231. The molecule has 0 bridgehead atoms. The molecule has 0 amide bonds.